The maximum Gasteiger partial charge on any atom is 0.266 e. The van der Waals surface area contributed by atoms with Gasteiger partial charge in [0.05, 0.1) is 18.7 Å². The van der Waals surface area contributed by atoms with E-state index in [2.05, 4.69) is 5.32 Å². The Hall–Kier alpha value is -2.87. The molecule has 0 atom stereocenters. The van der Waals surface area contributed by atoms with Crippen LogP contribution in [0.3, 0.4) is 0 Å². The minimum Gasteiger partial charge on any atom is -0.478 e. The van der Waals surface area contributed by atoms with Crippen LogP contribution in [0.5, 0.6) is 5.75 Å². The Balaban J connectivity index is 1.56. The zero-order valence-corrected chi connectivity index (χ0v) is 18.4. The fraction of sp³-hybridized carbons (Fsp3) is 0.409. The van der Waals surface area contributed by atoms with Crippen molar-refractivity contribution in [1.82, 2.24) is 9.80 Å². The molecule has 0 aliphatic carbocycles. The summed E-state index contributed by atoms with van der Waals surface area (Å²) in [7, 11) is 1.63. The van der Waals surface area contributed by atoms with E-state index < -0.39 is 5.60 Å². The third kappa shape index (κ3) is 3.67. The average Bonchev–Trinajstić information content (AvgIpc) is 2.97. The fourth-order valence-corrected chi connectivity index (χ4v) is 5.20. The second-order valence-corrected chi connectivity index (χ2v) is 9.43. The molecule has 1 aromatic carbocycles. The van der Waals surface area contributed by atoms with E-state index in [1.54, 1.807) is 25.8 Å². The molecule has 3 amide bonds. The second-order valence-electron chi connectivity index (χ2n) is 8.32. The number of aryl methyl sites for hydroxylation is 1. The highest BCUT2D eigenvalue weighted by atomic mass is 32.1. The summed E-state index contributed by atoms with van der Waals surface area (Å²) in [5, 5.41) is 3.43. The van der Waals surface area contributed by atoms with Gasteiger partial charge in [0, 0.05) is 18.5 Å². The van der Waals surface area contributed by atoms with Gasteiger partial charge in [-0.25, -0.2) is 0 Å². The SMILES string of the molecule is Cc1cccc(OC(C)(C)C(=O)N2CCc3c(sc4c3C(=O)N(C)CC(=O)N4)C2)c1. The Labute approximate surface area is 179 Å². The topological polar surface area (TPSA) is 79.0 Å². The molecule has 2 aromatic rings. The van der Waals surface area contributed by atoms with Gasteiger partial charge in [-0.15, -0.1) is 11.3 Å². The van der Waals surface area contributed by atoms with Crippen molar-refractivity contribution in [2.24, 2.45) is 0 Å². The Morgan fingerprint density at radius 3 is 2.73 bits per heavy atom. The monoisotopic (exact) mass is 427 g/mol. The predicted octanol–water partition coefficient (Wildman–Crippen LogP) is 2.82. The molecule has 0 radical (unpaired) electrons. The molecule has 158 valence electrons. The molecule has 1 N–H and O–H groups in total. The molecule has 0 saturated heterocycles. The van der Waals surface area contributed by atoms with Crippen LogP contribution in [0.1, 0.15) is 40.2 Å². The number of ether oxygens (including phenoxy) is 1. The summed E-state index contributed by atoms with van der Waals surface area (Å²) >= 11 is 1.38. The number of thiophene rings is 1. The number of hydrogen-bond acceptors (Lipinski definition) is 5. The Kier molecular flexibility index (Phi) is 5.05. The van der Waals surface area contributed by atoms with Crippen molar-refractivity contribution in [1.29, 1.82) is 0 Å². The van der Waals surface area contributed by atoms with Crippen molar-refractivity contribution in [3.8, 4) is 5.75 Å². The number of anilines is 1. The minimum absolute atomic E-state index is 0.0457. The van der Waals surface area contributed by atoms with Gasteiger partial charge in [-0.05, 0) is 50.5 Å². The Morgan fingerprint density at radius 2 is 2.00 bits per heavy atom. The summed E-state index contributed by atoms with van der Waals surface area (Å²) in [5.74, 6) is 0.198. The second kappa shape index (κ2) is 7.43. The highest BCUT2D eigenvalue weighted by Gasteiger charge is 2.38. The van der Waals surface area contributed by atoms with Crippen LogP contribution in [-0.2, 0) is 22.6 Å². The molecule has 0 fully saturated rings. The van der Waals surface area contributed by atoms with E-state index in [9.17, 15) is 14.4 Å². The quantitative estimate of drug-likeness (QED) is 0.817. The largest absolute Gasteiger partial charge is 0.478 e. The Morgan fingerprint density at radius 1 is 1.23 bits per heavy atom. The molecule has 4 rings (SSSR count). The maximum absolute atomic E-state index is 13.2. The zero-order valence-electron chi connectivity index (χ0n) is 17.6. The van der Waals surface area contributed by atoms with E-state index in [-0.39, 0.29) is 24.3 Å². The van der Waals surface area contributed by atoms with Gasteiger partial charge in [0.25, 0.3) is 11.8 Å². The van der Waals surface area contributed by atoms with E-state index in [1.165, 1.54) is 16.2 Å². The van der Waals surface area contributed by atoms with Crippen molar-refractivity contribution >= 4 is 34.1 Å². The fourth-order valence-electron chi connectivity index (χ4n) is 3.93. The van der Waals surface area contributed by atoms with Gasteiger partial charge in [-0.2, -0.15) is 0 Å². The number of rotatable bonds is 3. The van der Waals surface area contributed by atoms with Gasteiger partial charge < -0.3 is 19.9 Å². The molecule has 2 aliphatic heterocycles. The number of carbonyl (C=O) groups excluding carboxylic acids is 3. The molecule has 2 aliphatic rings. The summed E-state index contributed by atoms with van der Waals surface area (Å²) < 4.78 is 6.02. The van der Waals surface area contributed by atoms with E-state index in [0.717, 1.165) is 16.0 Å². The van der Waals surface area contributed by atoms with Crippen LogP contribution in [0, 0.1) is 6.92 Å². The summed E-state index contributed by atoms with van der Waals surface area (Å²) in [5.41, 5.74) is 1.56. The lowest BCUT2D eigenvalue weighted by Gasteiger charge is -2.34. The summed E-state index contributed by atoms with van der Waals surface area (Å²) in [6.07, 6.45) is 0.572. The van der Waals surface area contributed by atoms with Gasteiger partial charge in [-0.1, -0.05) is 12.1 Å². The number of benzene rings is 1. The van der Waals surface area contributed by atoms with Crippen molar-refractivity contribution in [2.45, 2.75) is 39.3 Å². The lowest BCUT2D eigenvalue weighted by atomic mass is 9.99. The first-order valence-corrected chi connectivity index (χ1v) is 10.7. The number of amides is 3. The molecule has 30 heavy (non-hydrogen) atoms. The number of carbonyl (C=O) groups is 3. The first-order chi connectivity index (χ1) is 14.2. The van der Waals surface area contributed by atoms with Crippen molar-refractivity contribution < 1.29 is 19.1 Å². The smallest absolute Gasteiger partial charge is 0.266 e. The molecule has 8 heteroatoms. The van der Waals surface area contributed by atoms with Crippen molar-refractivity contribution in [2.75, 3.05) is 25.5 Å². The van der Waals surface area contributed by atoms with Crippen LogP contribution >= 0.6 is 11.3 Å². The normalized spacial score (nSPS) is 16.5. The van der Waals surface area contributed by atoms with E-state index in [4.69, 9.17) is 4.74 Å². The molecule has 3 heterocycles. The highest BCUT2D eigenvalue weighted by molar-refractivity contribution is 7.17. The van der Waals surface area contributed by atoms with Crippen molar-refractivity contribution in [3.63, 3.8) is 0 Å². The lowest BCUT2D eigenvalue weighted by molar-refractivity contribution is -0.146. The highest BCUT2D eigenvalue weighted by Crippen LogP contribution is 2.39. The summed E-state index contributed by atoms with van der Waals surface area (Å²) in [6, 6.07) is 7.63. The zero-order chi connectivity index (χ0) is 21.6. The van der Waals surface area contributed by atoms with Crippen LogP contribution in [-0.4, -0.2) is 53.3 Å². The van der Waals surface area contributed by atoms with Crippen LogP contribution < -0.4 is 10.1 Å². The third-order valence-electron chi connectivity index (χ3n) is 5.42. The number of likely N-dealkylation sites (N-methyl/N-ethyl adjacent to an activating group) is 1. The van der Waals surface area contributed by atoms with Crippen LogP contribution in [0.2, 0.25) is 0 Å². The standard InChI is InChI=1S/C22H25N3O4S/c1-13-6-5-7-14(10-13)29-22(2,3)21(28)25-9-8-15-16(11-25)30-19-18(15)20(27)24(4)12-17(26)23-19/h5-7,10H,8-9,11-12H2,1-4H3,(H,23,26). The Bertz CT molecular complexity index is 1040. The molecular weight excluding hydrogens is 402 g/mol. The summed E-state index contributed by atoms with van der Waals surface area (Å²) in [6.45, 7) is 6.47. The lowest BCUT2D eigenvalue weighted by Crippen LogP contribution is -2.50. The number of nitrogens with one attached hydrogen (secondary N) is 1. The van der Waals surface area contributed by atoms with Crippen LogP contribution in [0.4, 0.5) is 5.00 Å². The first-order valence-electron chi connectivity index (χ1n) is 9.90. The summed E-state index contributed by atoms with van der Waals surface area (Å²) in [4.78, 5) is 42.2. The van der Waals surface area contributed by atoms with E-state index >= 15 is 0 Å². The molecule has 0 bridgehead atoms. The minimum atomic E-state index is -1.02. The maximum atomic E-state index is 13.2. The van der Waals surface area contributed by atoms with Gasteiger partial charge in [0.15, 0.2) is 5.60 Å². The number of hydrogen-bond donors (Lipinski definition) is 1. The van der Waals surface area contributed by atoms with E-state index in [0.29, 0.717) is 35.8 Å². The molecule has 0 spiro atoms. The molecular formula is C22H25N3O4S. The third-order valence-corrected chi connectivity index (χ3v) is 6.55. The van der Waals surface area contributed by atoms with Gasteiger partial charge >= 0.3 is 0 Å². The van der Waals surface area contributed by atoms with Gasteiger partial charge in [-0.3, -0.25) is 14.4 Å². The molecule has 0 saturated carbocycles. The molecule has 0 unspecified atom stereocenters. The molecule has 1 aromatic heterocycles. The van der Waals surface area contributed by atoms with Crippen LogP contribution in [0.15, 0.2) is 24.3 Å². The first kappa shape index (κ1) is 20.4. The number of nitrogens with zero attached hydrogens (tertiary/aromatic N) is 2. The predicted molar refractivity (Wildman–Crippen MR) is 115 cm³/mol. The number of fused-ring (bicyclic) bond motifs is 3. The van der Waals surface area contributed by atoms with Gasteiger partial charge in [0.1, 0.15) is 10.8 Å². The molecule has 7 nitrogen and oxygen atoms in total. The van der Waals surface area contributed by atoms with Crippen molar-refractivity contribution in [3.05, 3.63) is 45.8 Å². The van der Waals surface area contributed by atoms with Crippen LogP contribution in [0.25, 0.3) is 0 Å². The average molecular weight is 428 g/mol. The van der Waals surface area contributed by atoms with Gasteiger partial charge in [0.2, 0.25) is 5.91 Å². The van der Waals surface area contributed by atoms with E-state index in [1.807, 2.05) is 31.2 Å².